The van der Waals surface area contributed by atoms with Gasteiger partial charge in [0, 0.05) is 77.0 Å². The Hall–Kier alpha value is -1.20. The molecule has 3 nitrogen and oxygen atoms in total. The van der Waals surface area contributed by atoms with Gasteiger partial charge in [-0.3, -0.25) is 4.90 Å². The molecular weight excluding hydrogens is 492 g/mol. The zero-order valence-corrected chi connectivity index (χ0v) is 25.2. The first-order valence-corrected chi connectivity index (χ1v) is 14.4. The van der Waals surface area contributed by atoms with Gasteiger partial charge in [-0.05, 0) is 28.5 Å². The van der Waals surface area contributed by atoms with E-state index in [-0.39, 0.29) is 43.8 Å². The van der Waals surface area contributed by atoms with Crippen LogP contribution in [0.4, 0.5) is 0 Å². The van der Waals surface area contributed by atoms with Crippen molar-refractivity contribution in [2.24, 2.45) is 5.92 Å². The van der Waals surface area contributed by atoms with Gasteiger partial charge < -0.3 is 9.64 Å². The van der Waals surface area contributed by atoms with Gasteiger partial charge in [0.25, 0.3) is 0 Å². The molecule has 210 valence electrons. The van der Waals surface area contributed by atoms with Crippen LogP contribution in [0.25, 0.3) is 0 Å². The normalized spacial score (nSPS) is 15.2. The Morgan fingerprint density at radius 3 is 1.45 bits per heavy atom. The monoisotopic (exact) mass is 542 g/mol. The molecular formula is C34H50ArN2O. The first-order valence-electron chi connectivity index (χ1n) is 14.4. The summed E-state index contributed by atoms with van der Waals surface area (Å²) in [5.74, 6) is 1.24. The van der Waals surface area contributed by atoms with Crippen molar-refractivity contribution in [3.63, 3.8) is 0 Å². The van der Waals surface area contributed by atoms with Crippen LogP contribution in [0.3, 0.4) is 0 Å². The van der Waals surface area contributed by atoms with E-state index in [4.69, 9.17) is 4.74 Å². The van der Waals surface area contributed by atoms with Crippen LogP contribution < -0.4 is 0 Å². The van der Waals surface area contributed by atoms with E-state index >= 15 is 0 Å². The van der Waals surface area contributed by atoms with E-state index in [2.05, 4.69) is 115 Å². The van der Waals surface area contributed by atoms with E-state index in [0.717, 1.165) is 39.3 Å². The van der Waals surface area contributed by atoms with Crippen LogP contribution in [0, 0.1) is 43.7 Å². The van der Waals surface area contributed by atoms with Crippen LogP contribution in [-0.2, 0) is 4.74 Å². The molecule has 2 atom stereocenters. The molecule has 1 aliphatic heterocycles. The molecule has 0 N–H and O–H groups in total. The fourth-order valence-corrected chi connectivity index (χ4v) is 4.79. The minimum atomic E-state index is -0.00554. The van der Waals surface area contributed by atoms with Gasteiger partial charge in [-0.2, -0.15) is 0 Å². The van der Waals surface area contributed by atoms with Gasteiger partial charge in [-0.1, -0.05) is 133 Å². The van der Waals surface area contributed by atoms with Crippen molar-refractivity contribution in [1.82, 2.24) is 9.80 Å². The summed E-state index contributed by atoms with van der Waals surface area (Å²) >= 11 is 0. The summed E-state index contributed by atoms with van der Waals surface area (Å²) in [7, 11) is 0. The Morgan fingerprint density at radius 2 is 1.00 bits per heavy atom. The average Bonchev–Trinajstić information content (AvgIpc) is 2.99. The number of hydrogen-bond donors (Lipinski definition) is 0. The number of rotatable bonds is 10. The van der Waals surface area contributed by atoms with Gasteiger partial charge in [-0.15, -0.1) is 0 Å². The Bertz CT molecular complexity index is 891. The molecule has 0 aliphatic carbocycles. The maximum absolute atomic E-state index is 6.43. The van der Waals surface area contributed by atoms with Gasteiger partial charge >= 0.3 is 0 Å². The van der Waals surface area contributed by atoms with Crippen molar-refractivity contribution in [2.45, 2.75) is 53.6 Å². The second kappa shape index (κ2) is 20.7. The fourth-order valence-electron chi connectivity index (χ4n) is 4.79. The third kappa shape index (κ3) is 11.5. The van der Waals surface area contributed by atoms with Gasteiger partial charge in [0.1, 0.15) is 6.10 Å². The van der Waals surface area contributed by atoms with Crippen LogP contribution in [0.1, 0.15) is 70.3 Å². The van der Waals surface area contributed by atoms with Gasteiger partial charge in [0.15, 0.2) is 0 Å². The van der Waals surface area contributed by atoms with E-state index in [9.17, 15) is 0 Å². The third-order valence-corrected chi connectivity index (χ3v) is 7.09. The molecule has 1 heterocycles. The van der Waals surface area contributed by atoms with Crippen molar-refractivity contribution in [1.29, 1.82) is 0 Å². The predicted molar refractivity (Wildman–Crippen MR) is 160 cm³/mol. The Balaban J connectivity index is 0.00000138. The van der Waals surface area contributed by atoms with E-state index < -0.39 is 0 Å². The van der Waals surface area contributed by atoms with Crippen LogP contribution in [0.2, 0.25) is 0 Å². The smallest absolute Gasteiger partial charge is 0.108 e. The summed E-state index contributed by atoms with van der Waals surface area (Å²) < 4.78 is 6.43. The van der Waals surface area contributed by atoms with Crippen molar-refractivity contribution in [3.05, 3.63) is 108 Å². The van der Waals surface area contributed by atoms with Crippen LogP contribution in [0.5, 0.6) is 0 Å². The van der Waals surface area contributed by atoms with Crippen LogP contribution in [0.15, 0.2) is 91.0 Å². The molecule has 0 saturated carbocycles. The van der Waals surface area contributed by atoms with Crippen LogP contribution in [-0.4, -0.2) is 55.7 Å². The number of ether oxygens (including phenoxy) is 1. The molecule has 38 heavy (non-hydrogen) atoms. The van der Waals surface area contributed by atoms with E-state index in [0.29, 0.717) is 11.8 Å². The number of hydrogen-bond acceptors (Lipinski definition) is 3. The maximum atomic E-state index is 6.43. The number of piperazine rings is 1. The quantitative estimate of drug-likeness (QED) is 0.259. The van der Waals surface area contributed by atoms with Gasteiger partial charge in [-0.25, -0.2) is 0 Å². The van der Waals surface area contributed by atoms with E-state index in [1.807, 2.05) is 27.7 Å². The molecule has 1 aliphatic rings. The second-order valence-corrected chi connectivity index (χ2v) is 9.39. The van der Waals surface area contributed by atoms with Gasteiger partial charge in [0.2, 0.25) is 0 Å². The molecule has 3 aromatic carbocycles. The van der Waals surface area contributed by atoms with Crippen molar-refractivity contribution in [2.75, 3.05) is 45.9 Å². The molecule has 1 fully saturated rings. The molecule has 0 bridgehead atoms. The average molecular weight is 543 g/mol. The molecule has 0 amide bonds. The zero-order chi connectivity index (χ0) is 26.9. The van der Waals surface area contributed by atoms with Crippen molar-refractivity contribution >= 4 is 0 Å². The van der Waals surface area contributed by atoms with E-state index in [1.54, 1.807) is 0 Å². The summed E-state index contributed by atoms with van der Waals surface area (Å²) in [6.45, 7) is 20.2. The maximum Gasteiger partial charge on any atom is 0.108 e. The first kappa shape index (κ1) is 34.8. The Labute approximate surface area is 263 Å². The largest absolute Gasteiger partial charge is 0.367 e. The number of benzene rings is 3. The van der Waals surface area contributed by atoms with Crippen LogP contribution >= 0.6 is 0 Å². The first-order chi connectivity index (χ1) is 18.2. The minimum absolute atomic E-state index is 0. The fraction of sp³-hybridized carbons (Fsp3) is 0.471. The molecule has 0 radical (unpaired) electrons. The topological polar surface area (TPSA) is 15.7 Å². The van der Waals surface area contributed by atoms with Crippen molar-refractivity contribution < 1.29 is 42.5 Å². The van der Waals surface area contributed by atoms with Crippen molar-refractivity contribution in [3.8, 4) is 0 Å². The van der Waals surface area contributed by atoms with Gasteiger partial charge in [0.05, 0.1) is 6.61 Å². The standard InChI is InChI=1S/C30H38N2O.2C2H6.Ar/c1-25(26(2)27-12-6-3-7-13-27)24-32-20-18-31(19-21-32)22-23-33-30(28-14-8-4-9-15-28)29-16-10-5-11-17-29;2*1-2;/h3-17,25-26,30H,18-24H2,1-2H3;2*1-2H3;. The summed E-state index contributed by atoms with van der Waals surface area (Å²) in [5.41, 5.74) is 3.89. The molecule has 2 unspecified atom stereocenters. The predicted octanol–water partition coefficient (Wildman–Crippen LogP) is 7.90. The summed E-state index contributed by atoms with van der Waals surface area (Å²) in [4.78, 5) is 5.19. The molecule has 0 aromatic heterocycles. The molecule has 4 rings (SSSR count). The van der Waals surface area contributed by atoms with E-state index in [1.165, 1.54) is 23.2 Å². The zero-order valence-electron chi connectivity index (χ0n) is 24.5. The summed E-state index contributed by atoms with van der Waals surface area (Å²) in [6.07, 6.45) is -0.00554. The molecule has 0 spiro atoms. The second-order valence-electron chi connectivity index (χ2n) is 9.39. The summed E-state index contributed by atoms with van der Waals surface area (Å²) in [5, 5.41) is 0. The third-order valence-electron chi connectivity index (χ3n) is 7.09. The Kier molecular flexibility index (Phi) is 18.9. The molecule has 4 heteroatoms. The minimum Gasteiger partial charge on any atom is -0.367 e. The number of nitrogens with zero attached hydrogens (tertiary/aromatic N) is 2. The molecule has 1 saturated heterocycles. The molecule has 3 aromatic rings. The Morgan fingerprint density at radius 1 is 0.605 bits per heavy atom. The SMILES string of the molecule is CC.CC.CC(CN1CCN(CCOC(c2ccccc2)c2ccccc2)CC1)C(C)c1ccccc1.[Ar]. The summed E-state index contributed by atoms with van der Waals surface area (Å²) in [6, 6.07) is 32.1.